The number of ether oxygens (including phenoxy) is 2. The van der Waals surface area contributed by atoms with Crippen molar-refractivity contribution in [1.82, 2.24) is 0 Å². The monoisotopic (exact) mass is 176 g/mol. The standard InChI is InChI=1S/C8H16O2S/c1-2-3-4-9-5-6-10-7-8-11/h2-3,11H,4-8H2,1H3. The molecule has 0 fully saturated rings. The van der Waals surface area contributed by atoms with Crippen LogP contribution in [0.5, 0.6) is 0 Å². The molecule has 0 unspecified atom stereocenters. The summed E-state index contributed by atoms with van der Waals surface area (Å²) in [6.45, 7) is 4.69. The Hall–Kier alpha value is 0.0100. The molecule has 0 atom stereocenters. The van der Waals surface area contributed by atoms with E-state index in [0.29, 0.717) is 26.4 Å². The molecule has 0 N–H and O–H groups in total. The highest BCUT2D eigenvalue weighted by Crippen LogP contribution is 1.81. The first-order valence-electron chi connectivity index (χ1n) is 3.79. The first kappa shape index (κ1) is 11.0. The van der Waals surface area contributed by atoms with Crippen LogP contribution in [0, 0.1) is 0 Å². The van der Waals surface area contributed by atoms with Crippen molar-refractivity contribution in [3.8, 4) is 0 Å². The van der Waals surface area contributed by atoms with Crippen LogP contribution in [0.25, 0.3) is 0 Å². The summed E-state index contributed by atoms with van der Waals surface area (Å²) in [7, 11) is 0. The zero-order chi connectivity index (χ0) is 8.36. The maximum atomic E-state index is 5.18. The lowest BCUT2D eigenvalue weighted by Gasteiger charge is -2.01. The molecule has 66 valence electrons. The third-order valence-electron chi connectivity index (χ3n) is 1.06. The van der Waals surface area contributed by atoms with Gasteiger partial charge in [-0.1, -0.05) is 12.2 Å². The van der Waals surface area contributed by atoms with Gasteiger partial charge in [-0.05, 0) is 6.92 Å². The third-order valence-corrected chi connectivity index (χ3v) is 1.24. The van der Waals surface area contributed by atoms with Crippen LogP contribution in [-0.4, -0.2) is 32.2 Å². The Kier molecular flexibility index (Phi) is 10.0. The molecule has 0 aromatic rings. The van der Waals surface area contributed by atoms with Crippen LogP contribution in [0.15, 0.2) is 12.2 Å². The van der Waals surface area contributed by atoms with E-state index < -0.39 is 0 Å². The lowest BCUT2D eigenvalue weighted by molar-refractivity contribution is 0.0656. The van der Waals surface area contributed by atoms with Gasteiger partial charge in [-0.2, -0.15) is 12.6 Å². The normalized spacial score (nSPS) is 11.1. The Labute approximate surface area is 74.0 Å². The molecule has 0 rings (SSSR count). The van der Waals surface area contributed by atoms with E-state index in [1.165, 1.54) is 0 Å². The van der Waals surface area contributed by atoms with Gasteiger partial charge < -0.3 is 9.47 Å². The maximum Gasteiger partial charge on any atom is 0.0704 e. The van der Waals surface area contributed by atoms with Crippen LogP contribution in [0.4, 0.5) is 0 Å². The minimum Gasteiger partial charge on any atom is -0.378 e. The highest BCUT2D eigenvalue weighted by molar-refractivity contribution is 7.80. The third kappa shape index (κ3) is 10.0. The van der Waals surface area contributed by atoms with Gasteiger partial charge in [-0.25, -0.2) is 0 Å². The first-order chi connectivity index (χ1) is 5.41. The lowest BCUT2D eigenvalue weighted by atomic mass is 10.5. The highest BCUT2D eigenvalue weighted by atomic mass is 32.1. The van der Waals surface area contributed by atoms with E-state index in [1.807, 2.05) is 19.1 Å². The molecule has 0 amide bonds. The highest BCUT2D eigenvalue weighted by Gasteiger charge is 1.85. The number of allylic oxidation sites excluding steroid dienone is 1. The van der Waals surface area contributed by atoms with E-state index in [-0.39, 0.29) is 0 Å². The van der Waals surface area contributed by atoms with Crippen molar-refractivity contribution in [3.63, 3.8) is 0 Å². The summed E-state index contributed by atoms with van der Waals surface area (Å²) in [6, 6.07) is 0. The van der Waals surface area contributed by atoms with Crippen molar-refractivity contribution < 1.29 is 9.47 Å². The van der Waals surface area contributed by atoms with Gasteiger partial charge in [0.15, 0.2) is 0 Å². The van der Waals surface area contributed by atoms with Crippen molar-refractivity contribution in [2.75, 3.05) is 32.2 Å². The van der Waals surface area contributed by atoms with Gasteiger partial charge in [0.25, 0.3) is 0 Å². The SMILES string of the molecule is CC=CCOCCOCCS. The van der Waals surface area contributed by atoms with Gasteiger partial charge in [-0.15, -0.1) is 0 Å². The average molecular weight is 176 g/mol. The minimum absolute atomic E-state index is 0.665. The van der Waals surface area contributed by atoms with E-state index in [2.05, 4.69) is 12.6 Å². The zero-order valence-corrected chi connectivity index (χ0v) is 7.85. The van der Waals surface area contributed by atoms with Gasteiger partial charge in [0.1, 0.15) is 0 Å². The number of hydrogen-bond donors (Lipinski definition) is 1. The van der Waals surface area contributed by atoms with Crippen molar-refractivity contribution in [1.29, 1.82) is 0 Å². The Balaban J connectivity index is 2.79. The van der Waals surface area contributed by atoms with Crippen molar-refractivity contribution >= 4 is 12.6 Å². The van der Waals surface area contributed by atoms with Crippen LogP contribution in [-0.2, 0) is 9.47 Å². The zero-order valence-electron chi connectivity index (χ0n) is 6.95. The second-order valence-corrected chi connectivity index (χ2v) is 2.43. The molecule has 0 saturated heterocycles. The molecular weight excluding hydrogens is 160 g/mol. The molecule has 0 saturated carbocycles. The topological polar surface area (TPSA) is 18.5 Å². The van der Waals surface area contributed by atoms with Gasteiger partial charge in [0.05, 0.1) is 26.4 Å². The van der Waals surface area contributed by atoms with E-state index in [0.717, 1.165) is 5.75 Å². The van der Waals surface area contributed by atoms with E-state index in [1.54, 1.807) is 0 Å². The molecule has 0 bridgehead atoms. The van der Waals surface area contributed by atoms with Crippen LogP contribution < -0.4 is 0 Å². The first-order valence-corrected chi connectivity index (χ1v) is 4.42. The quantitative estimate of drug-likeness (QED) is 0.360. The summed E-state index contributed by atoms with van der Waals surface area (Å²) in [5.41, 5.74) is 0. The summed E-state index contributed by atoms with van der Waals surface area (Å²) >= 11 is 4.00. The molecule has 0 aliphatic rings. The van der Waals surface area contributed by atoms with Gasteiger partial charge in [0, 0.05) is 5.75 Å². The van der Waals surface area contributed by atoms with Crippen molar-refractivity contribution in [2.45, 2.75) is 6.92 Å². The molecule has 0 spiro atoms. The fourth-order valence-electron chi connectivity index (χ4n) is 0.532. The van der Waals surface area contributed by atoms with Crippen LogP contribution >= 0.6 is 12.6 Å². The van der Waals surface area contributed by atoms with Crippen molar-refractivity contribution in [2.24, 2.45) is 0 Å². The summed E-state index contributed by atoms with van der Waals surface area (Å²) < 4.78 is 10.3. The second kappa shape index (κ2) is 10.0. The van der Waals surface area contributed by atoms with Crippen LogP contribution in [0.3, 0.4) is 0 Å². The smallest absolute Gasteiger partial charge is 0.0704 e. The molecule has 2 nitrogen and oxygen atoms in total. The molecule has 0 aromatic heterocycles. The Morgan fingerprint density at radius 3 is 2.55 bits per heavy atom. The molecule has 0 aromatic carbocycles. The second-order valence-electron chi connectivity index (χ2n) is 1.98. The van der Waals surface area contributed by atoms with E-state index in [9.17, 15) is 0 Å². The Bertz CT molecular complexity index is 94.1. The largest absolute Gasteiger partial charge is 0.378 e. The number of thiol groups is 1. The number of hydrogen-bond acceptors (Lipinski definition) is 3. The molecule has 0 radical (unpaired) electrons. The van der Waals surface area contributed by atoms with Crippen molar-refractivity contribution in [3.05, 3.63) is 12.2 Å². The molecule has 0 aliphatic heterocycles. The fourth-order valence-corrected chi connectivity index (χ4v) is 0.661. The lowest BCUT2D eigenvalue weighted by Crippen LogP contribution is -2.05. The van der Waals surface area contributed by atoms with Gasteiger partial charge in [0.2, 0.25) is 0 Å². The summed E-state index contributed by atoms with van der Waals surface area (Å²) in [4.78, 5) is 0. The van der Waals surface area contributed by atoms with Gasteiger partial charge in [-0.3, -0.25) is 0 Å². The molecule has 0 heterocycles. The van der Waals surface area contributed by atoms with E-state index in [4.69, 9.17) is 9.47 Å². The Morgan fingerprint density at radius 2 is 1.91 bits per heavy atom. The maximum absolute atomic E-state index is 5.18. The predicted molar refractivity (Wildman–Crippen MR) is 50.3 cm³/mol. The predicted octanol–water partition coefficient (Wildman–Crippen LogP) is 1.53. The molecular formula is C8H16O2S. The van der Waals surface area contributed by atoms with E-state index >= 15 is 0 Å². The summed E-state index contributed by atoms with van der Waals surface area (Å²) in [5, 5.41) is 0. The molecule has 11 heavy (non-hydrogen) atoms. The molecule has 0 aliphatic carbocycles. The molecule has 3 heteroatoms. The minimum atomic E-state index is 0.665. The summed E-state index contributed by atoms with van der Waals surface area (Å²) in [6.07, 6.45) is 3.94. The average Bonchev–Trinajstić information content (AvgIpc) is 2.03. The fraction of sp³-hybridized carbons (Fsp3) is 0.750. The Morgan fingerprint density at radius 1 is 1.18 bits per heavy atom. The van der Waals surface area contributed by atoms with Crippen LogP contribution in [0.1, 0.15) is 6.92 Å². The van der Waals surface area contributed by atoms with Crippen LogP contribution in [0.2, 0.25) is 0 Å². The summed E-state index contributed by atoms with van der Waals surface area (Å²) in [5.74, 6) is 0.773. The van der Waals surface area contributed by atoms with Gasteiger partial charge >= 0.3 is 0 Å². The number of rotatable bonds is 7.